The Labute approximate surface area is 140 Å². The number of benzene rings is 1. The Bertz CT molecular complexity index is 742. The van der Waals surface area contributed by atoms with Crippen LogP contribution in [-0.4, -0.2) is 29.5 Å². The van der Waals surface area contributed by atoms with Crippen LogP contribution in [0.1, 0.15) is 29.4 Å². The maximum absolute atomic E-state index is 12.1. The second kappa shape index (κ2) is 8.57. The van der Waals surface area contributed by atoms with Crippen LogP contribution in [0, 0.1) is 0 Å². The molecule has 6 heteroatoms. The number of hydrogen-bond donors (Lipinski definition) is 1. The number of rotatable bonds is 7. The molecule has 1 N–H and O–H groups in total. The standard InChI is InChI=1S/C18H19N3O3/c1-13(20-21-18(23)16-8-5-6-10-19-16)11-15(22)12-14-7-3-4-9-17(14)24-2/h3-10H,11-12H2,1-2H3,(H,21,23)/b20-13+. The Balaban J connectivity index is 1.90. The van der Waals surface area contributed by atoms with E-state index in [2.05, 4.69) is 15.5 Å². The van der Waals surface area contributed by atoms with E-state index in [4.69, 9.17) is 4.74 Å². The third kappa shape index (κ3) is 5.01. The van der Waals surface area contributed by atoms with Gasteiger partial charge >= 0.3 is 0 Å². The molecule has 124 valence electrons. The molecule has 0 saturated carbocycles. The first-order valence-corrected chi connectivity index (χ1v) is 7.48. The Kier molecular flexibility index (Phi) is 6.19. The summed E-state index contributed by atoms with van der Waals surface area (Å²) in [5.74, 6) is 0.267. The number of carbonyl (C=O) groups is 2. The molecule has 2 aromatic rings. The van der Waals surface area contributed by atoms with Gasteiger partial charge in [0.1, 0.15) is 17.2 Å². The fraction of sp³-hybridized carbons (Fsp3) is 0.222. The van der Waals surface area contributed by atoms with Gasteiger partial charge in [-0.05, 0) is 25.1 Å². The first-order chi connectivity index (χ1) is 11.6. The number of amides is 1. The third-order valence-electron chi connectivity index (χ3n) is 3.28. The van der Waals surface area contributed by atoms with Gasteiger partial charge in [0.25, 0.3) is 5.91 Å². The molecule has 0 fully saturated rings. The normalized spacial score (nSPS) is 11.0. The van der Waals surface area contributed by atoms with E-state index in [0.717, 1.165) is 5.56 Å². The van der Waals surface area contributed by atoms with Gasteiger partial charge in [-0.3, -0.25) is 14.6 Å². The van der Waals surface area contributed by atoms with Crippen molar-refractivity contribution in [3.8, 4) is 5.75 Å². The first-order valence-electron chi connectivity index (χ1n) is 7.48. The minimum absolute atomic E-state index is 0.00663. The molecule has 0 aliphatic rings. The number of nitrogens with one attached hydrogen (secondary N) is 1. The number of carbonyl (C=O) groups excluding carboxylic acids is 2. The van der Waals surface area contributed by atoms with Crippen molar-refractivity contribution in [3.05, 3.63) is 59.9 Å². The number of Topliss-reactive ketones (excluding diaryl/α,β-unsaturated/α-hetero) is 1. The van der Waals surface area contributed by atoms with Gasteiger partial charge in [-0.15, -0.1) is 0 Å². The lowest BCUT2D eigenvalue weighted by molar-refractivity contribution is -0.117. The highest BCUT2D eigenvalue weighted by molar-refractivity contribution is 6.02. The van der Waals surface area contributed by atoms with E-state index >= 15 is 0 Å². The highest BCUT2D eigenvalue weighted by Crippen LogP contribution is 2.18. The van der Waals surface area contributed by atoms with Crippen LogP contribution < -0.4 is 10.2 Å². The molecule has 1 aromatic heterocycles. The van der Waals surface area contributed by atoms with Gasteiger partial charge in [0.2, 0.25) is 0 Å². The molecule has 0 saturated heterocycles. The van der Waals surface area contributed by atoms with Crippen molar-refractivity contribution in [2.45, 2.75) is 19.8 Å². The molecular formula is C18H19N3O3. The number of aromatic nitrogens is 1. The topological polar surface area (TPSA) is 80.6 Å². The van der Waals surface area contributed by atoms with Crippen molar-refractivity contribution in [2.75, 3.05) is 7.11 Å². The predicted molar refractivity (Wildman–Crippen MR) is 91.1 cm³/mol. The molecule has 0 radical (unpaired) electrons. The Morgan fingerprint density at radius 1 is 1.17 bits per heavy atom. The average molecular weight is 325 g/mol. The highest BCUT2D eigenvalue weighted by atomic mass is 16.5. The summed E-state index contributed by atoms with van der Waals surface area (Å²) in [5, 5.41) is 3.95. The van der Waals surface area contributed by atoms with E-state index < -0.39 is 5.91 Å². The summed E-state index contributed by atoms with van der Waals surface area (Å²) < 4.78 is 5.23. The van der Waals surface area contributed by atoms with Crippen LogP contribution in [-0.2, 0) is 11.2 Å². The van der Waals surface area contributed by atoms with E-state index in [1.54, 1.807) is 32.2 Å². The number of nitrogens with zero attached hydrogens (tertiary/aromatic N) is 2. The first kappa shape index (κ1) is 17.3. The predicted octanol–water partition coefficient (Wildman–Crippen LogP) is 2.40. The fourth-order valence-corrected chi connectivity index (χ4v) is 2.15. The minimum Gasteiger partial charge on any atom is -0.496 e. The smallest absolute Gasteiger partial charge is 0.289 e. The zero-order chi connectivity index (χ0) is 17.4. The van der Waals surface area contributed by atoms with E-state index in [1.165, 1.54) is 6.20 Å². The van der Waals surface area contributed by atoms with Crippen molar-refractivity contribution in [1.82, 2.24) is 10.4 Å². The van der Waals surface area contributed by atoms with Gasteiger partial charge in [0.05, 0.1) is 7.11 Å². The lowest BCUT2D eigenvalue weighted by Crippen LogP contribution is -2.21. The second-order valence-electron chi connectivity index (χ2n) is 5.21. The van der Waals surface area contributed by atoms with E-state index in [9.17, 15) is 9.59 Å². The summed E-state index contributed by atoms with van der Waals surface area (Å²) in [6.45, 7) is 1.69. The quantitative estimate of drug-likeness (QED) is 0.626. The van der Waals surface area contributed by atoms with Crippen molar-refractivity contribution < 1.29 is 14.3 Å². The largest absolute Gasteiger partial charge is 0.496 e. The Hall–Kier alpha value is -3.02. The summed E-state index contributed by atoms with van der Waals surface area (Å²) in [5.41, 5.74) is 4.03. The van der Waals surface area contributed by atoms with Crippen LogP contribution in [0.5, 0.6) is 5.75 Å². The summed E-state index contributed by atoms with van der Waals surface area (Å²) in [6, 6.07) is 12.4. The summed E-state index contributed by atoms with van der Waals surface area (Å²) >= 11 is 0. The number of ketones is 1. The molecule has 0 spiro atoms. The molecule has 0 unspecified atom stereocenters. The molecule has 6 nitrogen and oxygen atoms in total. The average Bonchev–Trinajstić information content (AvgIpc) is 2.60. The number of hydrogen-bond acceptors (Lipinski definition) is 5. The lowest BCUT2D eigenvalue weighted by Gasteiger charge is -2.07. The minimum atomic E-state index is -0.410. The van der Waals surface area contributed by atoms with Crippen LogP contribution in [0.2, 0.25) is 0 Å². The van der Waals surface area contributed by atoms with Gasteiger partial charge in [-0.25, -0.2) is 5.43 Å². The van der Waals surface area contributed by atoms with Gasteiger partial charge in [0.15, 0.2) is 0 Å². The van der Waals surface area contributed by atoms with Crippen molar-refractivity contribution >= 4 is 17.4 Å². The molecule has 24 heavy (non-hydrogen) atoms. The van der Waals surface area contributed by atoms with Crippen LogP contribution in [0.4, 0.5) is 0 Å². The van der Waals surface area contributed by atoms with Crippen LogP contribution in [0.15, 0.2) is 53.8 Å². The molecule has 0 aliphatic carbocycles. The van der Waals surface area contributed by atoms with Crippen molar-refractivity contribution in [1.29, 1.82) is 0 Å². The number of pyridine rings is 1. The SMILES string of the molecule is COc1ccccc1CC(=O)C/C(C)=N/NC(=O)c1ccccn1. The zero-order valence-corrected chi connectivity index (χ0v) is 13.7. The summed E-state index contributed by atoms with van der Waals surface area (Å²) in [7, 11) is 1.57. The Morgan fingerprint density at radius 2 is 1.92 bits per heavy atom. The molecule has 1 heterocycles. The Morgan fingerprint density at radius 3 is 2.62 bits per heavy atom. The molecule has 1 amide bonds. The van der Waals surface area contributed by atoms with Crippen molar-refractivity contribution in [2.24, 2.45) is 5.10 Å². The molecule has 0 atom stereocenters. The number of para-hydroxylation sites is 1. The van der Waals surface area contributed by atoms with Gasteiger partial charge in [0, 0.05) is 30.3 Å². The maximum atomic E-state index is 12.1. The molecular weight excluding hydrogens is 306 g/mol. The number of hydrazone groups is 1. The molecule has 1 aromatic carbocycles. The van der Waals surface area contributed by atoms with E-state index in [0.29, 0.717) is 11.5 Å². The van der Waals surface area contributed by atoms with Gasteiger partial charge < -0.3 is 4.74 Å². The lowest BCUT2D eigenvalue weighted by atomic mass is 10.0. The highest BCUT2D eigenvalue weighted by Gasteiger charge is 2.10. The van der Waals surface area contributed by atoms with Gasteiger partial charge in [-0.2, -0.15) is 5.10 Å². The number of methoxy groups -OCH3 is 1. The summed E-state index contributed by atoms with van der Waals surface area (Å²) in [6.07, 6.45) is 1.94. The second-order valence-corrected chi connectivity index (χ2v) is 5.21. The van der Waals surface area contributed by atoms with Crippen LogP contribution in [0.3, 0.4) is 0 Å². The van der Waals surface area contributed by atoms with E-state index in [-0.39, 0.29) is 24.3 Å². The fourth-order valence-electron chi connectivity index (χ4n) is 2.15. The third-order valence-corrected chi connectivity index (χ3v) is 3.28. The summed E-state index contributed by atoms with van der Waals surface area (Å²) in [4.78, 5) is 27.9. The van der Waals surface area contributed by atoms with Crippen LogP contribution >= 0.6 is 0 Å². The van der Waals surface area contributed by atoms with E-state index in [1.807, 2.05) is 24.3 Å². The molecule has 0 aliphatic heterocycles. The van der Waals surface area contributed by atoms with Crippen molar-refractivity contribution in [3.63, 3.8) is 0 Å². The zero-order valence-electron chi connectivity index (χ0n) is 13.7. The van der Waals surface area contributed by atoms with Gasteiger partial charge in [-0.1, -0.05) is 24.3 Å². The molecule has 0 bridgehead atoms. The monoisotopic (exact) mass is 325 g/mol. The molecule has 2 rings (SSSR count). The number of ether oxygens (including phenoxy) is 1. The maximum Gasteiger partial charge on any atom is 0.289 e. The van der Waals surface area contributed by atoms with Crippen LogP contribution in [0.25, 0.3) is 0 Å².